The minimum Gasteiger partial charge on any atom is -0.497 e. The molecule has 0 saturated carbocycles. The highest BCUT2D eigenvalue weighted by Gasteiger charge is 2.09. The van der Waals surface area contributed by atoms with Gasteiger partial charge in [0.1, 0.15) is 12.0 Å². The lowest BCUT2D eigenvalue weighted by molar-refractivity contribution is -0.104. The molecule has 0 N–H and O–H groups in total. The Hall–Kier alpha value is -1.61. The van der Waals surface area contributed by atoms with Crippen LogP contribution in [0.15, 0.2) is 36.4 Å². The van der Waals surface area contributed by atoms with E-state index in [0.717, 1.165) is 17.6 Å². The average Bonchev–Trinajstić information content (AvgIpc) is 2.38. The molecule has 17 heavy (non-hydrogen) atoms. The van der Waals surface area contributed by atoms with E-state index in [-0.39, 0.29) is 6.10 Å². The van der Waals surface area contributed by atoms with Gasteiger partial charge in [-0.1, -0.05) is 18.2 Å². The lowest BCUT2D eigenvalue weighted by atomic mass is 10.1. The normalized spacial score (nSPS) is 12.6. The molecule has 0 fully saturated rings. The predicted octanol–water partition coefficient (Wildman–Crippen LogP) is 2.92. The van der Waals surface area contributed by atoms with E-state index in [1.165, 1.54) is 6.08 Å². The molecule has 92 valence electrons. The Kier molecular flexibility index (Phi) is 6.04. The highest BCUT2D eigenvalue weighted by molar-refractivity contribution is 5.64. The molecule has 1 rings (SSSR count). The van der Waals surface area contributed by atoms with Gasteiger partial charge in [0.25, 0.3) is 0 Å². The lowest BCUT2D eigenvalue weighted by Crippen LogP contribution is -2.03. The molecule has 3 heteroatoms. The maximum Gasteiger partial charge on any atom is 0.142 e. The molecule has 0 radical (unpaired) electrons. The molecular weight excluding hydrogens is 216 g/mol. The van der Waals surface area contributed by atoms with E-state index >= 15 is 0 Å². The fourth-order valence-electron chi connectivity index (χ4n) is 1.58. The van der Waals surface area contributed by atoms with Crippen LogP contribution in [0.5, 0.6) is 5.75 Å². The van der Waals surface area contributed by atoms with Crippen molar-refractivity contribution >= 4 is 6.29 Å². The molecule has 1 aromatic carbocycles. The van der Waals surface area contributed by atoms with E-state index in [4.69, 9.17) is 9.47 Å². The number of carbonyl (C=O) groups is 1. The first-order valence-corrected chi connectivity index (χ1v) is 5.67. The molecule has 0 aliphatic rings. The number of benzene rings is 1. The molecule has 0 bridgehead atoms. The first-order valence-electron chi connectivity index (χ1n) is 5.67. The number of allylic oxidation sites excluding steroid dienone is 1. The molecule has 0 aliphatic carbocycles. The number of methoxy groups -OCH3 is 1. The Balaban J connectivity index is 2.73. The second-order valence-corrected chi connectivity index (χ2v) is 3.52. The number of ether oxygens (including phenoxy) is 2. The van der Waals surface area contributed by atoms with Crippen molar-refractivity contribution in [1.29, 1.82) is 0 Å². The van der Waals surface area contributed by atoms with Crippen LogP contribution in [-0.2, 0) is 9.53 Å². The zero-order chi connectivity index (χ0) is 12.5. The summed E-state index contributed by atoms with van der Waals surface area (Å²) in [6.45, 7) is 2.60. The topological polar surface area (TPSA) is 35.5 Å². The summed E-state index contributed by atoms with van der Waals surface area (Å²) in [7, 11) is 1.64. The van der Waals surface area contributed by atoms with Gasteiger partial charge in [0, 0.05) is 6.61 Å². The quantitative estimate of drug-likeness (QED) is 0.537. The molecule has 0 aliphatic heterocycles. The predicted molar refractivity (Wildman–Crippen MR) is 67.2 cm³/mol. The molecule has 0 saturated heterocycles. The van der Waals surface area contributed by atoms with E-state index in [2.05, 4.69) is 0 Å². The number of hydrogen-bond donors (Lipinski definition) is 0. The van der Waals surface area contributed by atoms with Crippen molar-refractivity contribution in [3.63, 3.8) is 0 Å². The third kappa shape index (κ3) is 4.41. The van der Waals surface area contributed by atoms with Gasteiger partial charge in [-0.2, -0.15) is 0 Å². The van der Waals surface area contributed by atoms with Gasteiger partial charge < -0.3 is 9.47 Å². The van der Waals surface area contributed by atoms with Crippen molar-refractivity contribution in [3.8, 4) is 5.75 Å². The van der Waals surface area contributed by atoms with E-state index in [0.29, 0.717) is 13.0 Å². The molecule has 0 aromatic heterocycles. The molecule has 1 aromatic rings. The van der Waals surface area contributed by atoms with Gasteiger partial charge in [-0.25, -0.2) is 0 Å². The smallest absolute Gasteiger partial charge is 0.142 e. The molecule has 0 amide bonds. The van der Waals surface area contributed by atoms with Gasteiger partial charge in [-0.05, 0) is 37.1 Å². The van der Waals surface area contributed by atoms with Crippen LogP contribution in [0.2, 0.25) is 0 Å². The third-order valence-corrected chi connectivity index (χ3v) is 2.42. The first kappa shape index (κ1) is 13.5. The maximum atomic E-state index is 10.2. The third-order valence-electron chi connectivity index (χ3n) is 2.42. The molecule has 1 unspecified atom stereocenters. The summed E-state index contributed by atoms with van der Waals surface area (Å²) in [5.74, 6) is 0.826. The maximum absolute atomic E-state index is 10.2. The Morgan fingerprint density at radius 2 is 2.00 bits per heavy atom. The van der Waals surface area contributed by atoms with Crippen molar-refractivity contribution in [2.45, 2.75) is 19.4 Å². The fraction of sp³-hybridized carbons (Fsp3) is 0.357. The first-order chi connectivity index (χ1) is 8.31. The fourth-order valence-corrected chi connectivity index (χ4v) is 1.58. The van der Waals surface area contributed by atoms with Crippen molar-refractivity contribution in [2.24, 2.45) is 0 Å². The number of hydrogen-bond acceptors (Lipinski definition) is 3. The van der Waals surface area contributed by atoms with Gasteiger partial charge in [-0.3, -0.25) is 4.79 Å². The second-order valence-electron chi connectivity index (χ2n) is 3.52. The SMILES string of the molecule is CCOC(CC=CC=O)c1ccc(OC)cc1. The molecule has 3 nitrogen and oxygen atoms in total. The molecule has 1 atom stereocenters. The van der Waals surface area contributed by atoms with Crippen LogP contribution in [0, 0.1) is 0 Å². The summed E-state index contributed by atoms with van der Waals surface area (Å²) < 4.78 is 10.7. The van der Waals surface area contributed by atoms with E-state index in [1.807, 2.05) is 37.3 Å². The number of carbonyl (C=O) groups excluding carboxylic acids is 1. The Bertz CT molecular complexity index is 354. The minimum atomic E-state index is -0.0119. The summed E-state index contributed by atoms with van der Waals surface area (Å²) >= 11 is 0. The van der Waals surface area contributed by atoms with Crippen LogP contribution in [0.3, 0.4) is 0 Å². The summed E-state index contributed by atoms with van der Waals surface area (Å²) in [6, 6.07) is 7.78. The van der Waals surface area contributed by atoms with Crippen LogP contribution in [0.25, 0.3) is 0 Å². The van der Waals surface area contributed by atoms with Crippen LogP contribution in [0.1, 0.15) is 25.0 Å². The van der Waals surface area contributed by atoms with Crippen LogP contribution >= 0.6 is 0 Å². The van der Waals surface area contributed by atoms with Crippen LogP contribution in [-0.4, -0.2) is 20.0 Å². The summed E-state index contributed by atoms with van der Waals surface area (Å²) in [5, 5.41) is 0. The van der Waals surface area contributed by atoms with E-state index in [1.54, 1.807) is 7.11 Å². The lowest BCUT2D eigenvalue weighted by Gasteiger charge is -2.15. The largest absolute Gasteiger partial charge is 0.497 e. The number of aldehydes is 1. The van der Waals surface area contributed by atoms with Gasteiger partial charge >= 0.3 is 0 Å². The van der Waals surface area contributed by atoms with Gasteiger partial charge in [0.15, 0.2) is 0 Å². The average molecular weight is 234 g/mol. The van der Waals surface area contributed by atoms with Gasteiger partial charge in [0.05, 0.1) is 13.2 Å². The summed E-state index contributed by atoms with van der Waals surface area (Å²) in [5.41, 5.74) is 1.09. The molecule has 0 heterocycles. The van der Waals surface area contributed by atoms with Crippen molar-refractivity contribution in [2.75, 3.05) is 13.7 Å². The highest BCUT2D eigenvalue weighted by atomic mass is 16.5. The zero-order valence-corrected chi connectivity index (χ0v) is 10.3. The van der Waals surface area contributed by atoms with Crippen molar-refractivity contribution < 1.29 is 14.3 Å². The zero-order valence-electron chi connectivity index (χ0n) is 10.3. The Morgan fingerprint density at radius 1 is 1.29 bits per heavy atom. The molecular formula is C14H18O3. The molecule has 0 spiro atoms. The highest BCUT2D eigenvalue weighted by Crippen LogP contribution is 2.23. The van der Waals surface area contributed by atoms with Crippen molar-refractivity contribution in [3.05, 3.63) is 42.0 Å². The van der Waals surface area contributed by atoms with Crippen molar-refractivity contribution in [1.82, 2.24) is 0 Å². The van der Waals surface area contributed by atoms with Gasteiger partial charge in [-0.15, -0.1) is 0 Å². The minimum absolute atomic E-state index is 0.0119. The number of rotatable bonds is 7. The summed E-state index contributed by atoms with van der Waals surface area (Å²) in [4.78, 5) is 10.2. The standard InChI is InChI=1S/C14H18O3/c1-3-17-14(6-4-5-11-15)12-7-9-13(16-2)10-8-12/h4-5,7-11,14H,3,6H2,1-2H3. The monoisotopic (exact) mass is 234 g/mol. The van der Waals surface area contributed by atoms with E-state index < -0.39 is 0 Å². The van der Waals surface area contributed by atoms with Crippen LogP contribution < -0.4 is 4.74 Å². The van der Waals surface area contributed by atoms with E-state index in [9.17, 15) is 4.79 Å². The van der Waals surface area contributed by atoms with Gasteiger partial charge in [0.2, 0.25) is 0 Å². The second kappa shape index (κ2) is 7.63. The Morgan fingerprint density at radius 3 is 2.53 bits per heavy atom. The summed E-state index contributed by atoms with van der Waals surface area (Å²) in [6.07, 6.45) is 4.77. The van der Waals surface area contributed by atoms with Crippen LogP contribution in [0.4, 0.5) is 0 Å². The Labute approximate surface area is 102 Å².